The van der Waals surface area contributed by atoms with E-state index in [2.05, 4.69) is 0 Å². The van der Waals surface area contributed by atoms with Crippen LogP contribution in [0.15, 0.2) is 29.2 Å². The number of rotatable bonds is 7. The van der Waals surface area contributed by atoms with Crippen molar-refractivity contribution in [3.8, 4) is 5.75 Å². The highest BCUT2D eigenvalue weighted by molar-refractivity contribution is 7.90. The molecule has 0 bridgehead atoms. The third-order valence-electron chi connectivity index (χ3n) is 3.83. The van der Waals surface area contributed by atoms with Gasteiger partial charge in [0.15, 0.2) is 9.84 Å². The van der Waals surface area contributed by atoms with Crippen LogP contribution in [0.25, 0.3) is 0 Å². The van der Waals surface area contributed by atoms with Crippen LogP contribution in [0.3, 0.4) is 0 Å². The summed E-state index contributed by atoms with van der Waals surface area (Å²) < 4.78 is 33.7. The van der Waals surface area contributed by atoms with Crippen molar-refractivity contribution in [2.45, 2.75) is 36.8 Å². The van der Waals surface area contributed by atoms with E-state index in [9.17, 15) is 13.2 Å². The molecule has 128 valence electrons. The van der Waals surface area contributed by atoms with Crippen LogP contribution in [0.4, 0.5) is 0 Å². The van der Waals surface area contributed by atoms with E-state index >= 15 is 0 Å². The Bertz CT molecular complexity index is 658. The van der Waals surface area contributed by atoms with E-state index in [0.717, 1.165) is 6.42 Å². The van der Waals surface area contributed by atoms with E-state index in [1.807, 2.05) is 18.9 Å². The van der Waals surface area contributed by atoms with Crippen LogP contribution in [-0.2, 0) is 19.4 Å². The van der Waals surface area contributed by atoms with Crippen molar-refractivity contribution < 1.29 is 22.7 Å². The largest absolute Gasteiger partial charge is 0.494 e. The highest BCUT2D eigenvalue weighted by Crippen LogP contribution is 2.20. The first-order valence-electron chi connectivity index (χ1n) is 7.61. The maximum atomic E-state index is 11.7. The Kier molecular flexibility index (Phi) is 5.64. The van der Waals surface area contributed by atoms with Gasteiger partial charge in [0.2, 0.25) is 0 Å². The van der Waals surface area contributed by atoms with Gasteiger partial charge in [0.1, 0.15) is 17.9 Å². The molecule has 1 heterocycles. The van der Waals surface area contributed by atoms with E-state index in [1.165, 1.54) is 12.3 Å². The van der Waals surface area contributed by atoms with Gasteiger partial charge in [0, 0.05) is 19.2 Å². The second-order valence-corrected chi connectivity index (χ2v) is 7.94. The lowest BCUT2D eigenvalue weighted by Gasteiger charge is -2.20. The average Bonchev–Trinajstić information content (AvgIpc) is 2.82. The highest BCUT2D eigenvalue weighted by atomic mass is 32.2. The number of nitrogens with zero attached hydrogens (tertiary/aromatic N) is 1. The summed E-state index contributed by atoms with van der Waals surface area (Å²) in [4.78, 5) is 13.9. The lowest BCUT2D eigenvalue weighted by molar-refractivity contribution is -0.144. The molecule has 0 aliphatic carbocycles. The summed E-state index contributed by atoms with van der Waals surface area (Å²) in [5.41, 5.74) is 0. The molecule has 2 rings (SSSR count). The number of esters is 1. The Labute approximate surface area is 137 Å². The molecular weight excluding hydrogens is 318 g/mol. The van der Waals surface area contributed by atoms with Gasteiger partial charge >= 0.3 is 5.97 Å². The zero-order valence-electron chi connectivity index (χ0n) is 13.7. The fraction of sp³-hybridized carbons (Fsp3) is 0.562. The minimum Gasteiger partial charge on any atom is -0.494 e. The number of likely N-dealkylation sites (N-methyl/N-ethyl adjacent to an activating group) is 1. The van der Waals surface area contributed by atoms with Gasteiger partial charge in [0.05, 0.1) is 11.5 Å². The van der Waals surface area contributed by atoms with Gasteiger partial charge in [-0.15, -0.1) is 0 Å². The molecule has 23 heavy (non-hydrogen) atoms. The van der Waals surface area contributed by atoms with Crippen molar-refractivity contribution in [3.63, 3.8) is 0 Å². The summed E-state index contributed by atoms with van der Waals surface area (Å²) >= 11 is 0. The Morgan fingerprint density at radius 1 is 1.39 bits per heavy atom. The standard InChI is InChI=1S/C16H23NO5S/c1-12-10-15(16(18)22-12)17(2)8-5-9-21-13-6-4-7-14(11-13)23(3,19)20/h4,6-7,11-12,15H,5,8-10H2,1-3H3/t12-,15-/m1/s1. The zero-order valence-corrected chi connectivity index (χ0v) is 14.5. The summed E-state index contributed by atoms with van der Waals surface area (Å²) in [6, 6.07) is 6.28. The first kappa shape index (κ1) is 17.7. The molecule has 0 amide bonds. The van der Waals surface area contributed by atoms with Crippen molar-refractivity contribution in [2.24, 2.45) is 0 Å². The third-order valence-corrected chi connectivity index (χ3v) is 4.94. The molecule has 6 nitrogen and oxygen atoms in total. The molecule has 2 atom stereocenters. The SMILES string of the molecule is C[C@@H]1C[C@@H](N(C)CCCOc2cccc(S(C)(=O)=O)c2)C(=O)O1. The van der Waals surface area contributed by atoms with Crippen LogP contribution in [0.5, 0.6) is 5.75 Å². The van der Waals surface area contributed by atoms with Gasteiger partial charge in [-0.1, -0.05) is 6.07 Å². The summed E-state index contributed by atoms with van der Waals surface area (Å²) in [7, 11) is -1.33. The fourth-order valence-electron chi connectivity index (χ4n) is 2.55. The maximum Gasteiger partial charge on any atom is 0.323 e. The summed E-state index contributed by atoms with van der Waals surface area (Å²) in [5, 5.41) is 0. The Balaban J connectivity index is 1.78. The molecule has 1 aromatic rings. The topological polar surface area (TPSA) is 72.9 Å². The quantitative estimate of drug-likeness (QED) is 0.553. The van der Waals surface area contributed by atoms with Crippen molar-refractivity contribution >= 4 is 15.8 Å². The monoisotopic (exact) mass is 341 g/mol. The van der Waals surface area contributed by atoms with Crippen molar-refractivity contribution in [2.75, 3.05) is 26.5 Å². The summed E-state index contributed by atoms with van der Waals surface area (Å²) in [6.45, 7) is 3.05. The minimum atomic E-state index is -3.23. The molecule has 1 aliphatic heterocycles. The van der Waals surface area contributed by atoms with Crippen LogP contribution in [0.1, 0.15) is 19.8 Å². The number of carbonyl (C=O) groups is 1. The van der Waals surface area contributed by atoms with Gasteiger partial charge < -0.3 is 9.47 Å². The number of hydrogen-bond donors (Lipinski definition) is 0. The first-order chi connectivity index (χ1) is 10.8. The van der Waals surface area contributed by atoms with Crippen molar-refractivity contribution in [3.05, 3.63) is 24.3 Å². The number of ether oxygens (including phenoxy) is 2. The van der Waals surface area contributed by atoms with Gasteiger partial charge in [0.25, 0.3) is 0 Å². The van der Waals surface area contributed by atoms with E-state index in [-0.39, 0.29) is 23.0 Å². The normalized spacial score (nSPS) is 21.5. The van der Waals surface area contributed by atoms with Gasteiger partial charge in [-0.3, -0.25) is 9.69 Å². The Morgan fingerprint density at radius 2 is 2.13 bits per heavy atom. The first-order valence-corrected chi connectivity index (χ1v) is 9.50. The summed E-state index contributed by atoms with van der Waals surface area (Å²) in [6.07, 6.45) is 2.59. The number of benzene rings is 1. The van der Waals surface area contributed by atoms with E-state index in [0.29, 0.717) is 25.3 Å². The Hall–Kier alpha value is -1.60. The predicted octanol–water partition coefficient (Wildman–Crippen LogP) is 1.49. The molecule has 1 saturated heterocycles. The van der Waals surface area contributed by atoms with E-state index < -0.39 is 9.84 Å². The molecule has 0 aromatic heterocycles. The van der Waals surface area contributed by atoms with Crippen LogP contribution in [0.2, 0.25) is 0 Å². The second kappa shape index (κ2) is 7.31. The zero-order chi connectivity index (χ0) is 17.0. The Morgan fingerprint density at radius 3 is 2.74 bits per heavy atom. The summed E-state index contributed by atoms with van der Waals surface area (Å²) in [5.74, 6) is 0.367. The van der Waals surface area contributed by atoms with Crippen LogP contribution in [0, 0.1) is 0 Å². The molecule has 1 aromatic carbocycles. The lowest BCUT2D eigenvalue weighted by atomic mass is 10.1. The highest BCUT2D eigenvalue weighted by Gasteiger charge is 2.34. The van der Waals surface area contributed by atoms with Crippen LogP contribution < -0.4 is 4.74 Å². The predicted molar refractivity (Wildman–Crippen MR) is 86.3 cm³/mol. The number of carbonyl (C=O) groups excluding carboxylic acids is 1. The van der Waals surface area contributed by atoms with Crippen molar-refractivity contribution in [1.29, 1.82) is 0 Å². The minimum absolute atomic E-state index is 0.0232. The molecule has 0 unspecified atom stereocenters. The molecule has 0 radical (unpaired) electrons. The fourth-order valence-corrected chi connectivity index (χ4v) is 3.21. The van der Waals surface area contributed by atoms with Crippen molar-refractivity contribution in [1.82, 2.24) is 4.90 Å². The lowest BCUT2D eigenvalue weighted by Crippen LogP contribution is -2.36. The molecular formula is C16H23NO5S. The molecule has 1 fully saturated rings. The van der Waals surface area contributed by atoms with Gasteiger partial charge in [-0.05, 0) is 38.6 Å². The van der Waals surface area contributed by atoms with E-state index in [1.54, 1.807) is 18.2 Å². The van der Waals surface area contributed by atoms with Crippen LogP contribution >= 0.6 is 0 Å². The molecule has 0 spiro atoms. The molecule has 7 heteroatoms. The van der Waals surface area contributed by atoms with Crippen LogP contribution in [-0.4, -0.2) is 57.9 Å². The van der Waals surface area contributed by atoms with E-state index in [4.69, 9.17) is 9.47 Å². The molecule has 0 N–H and O–H groups in total. The van der Waals surface area contributed by atoms with Gasteiger partial charge in [-0.25, -0.2) is 8.42 Å². The second-order valence-electron chi connectivity index (χ2n) is 5.93. The number of sulfone groups is 1. The smallest absolute Gasteiger partial charge is 0.323 e. The third kappa shape index (κ3) is 4.94. The maximum absolute atomic E-state index is 11.7. The number of hydrogen-bond acceptors (Lipinski definition) is 6. The average molecular weight is 341 g/mol. The van der Waals surface area contributed by atoms with Gasteiger partial charge in [-0.2, -0.15) is 0 Å². The molecule has 1 aliphatic rings. The number of cyclic esters (lactones) is 1. The molecule has 0 saturated carbocycles.